The van der Waals surface area contributed by atoms with Crippen LogP contribution in [0.1, 0.15) is 20.8 Å². The molecule has 0 saturated carbocycles. The fraction of sp³-hybridized carbons (Fsp3) is 0.400. The van der Waals surface area contributed by atoms with Gasteiger partial charge in [-0.15, -0.1) is 0 Å². The van der Waals surface area contributed by atoms with E-state index in [0.29, 0.717) is 24.5 Å². The first-order chi connectivity index (χ1) is 11.0. The summed E-state index contributed by atoms with van der Waals surface area (Å²) in [6.45, 7) is 5.86. The van der Waals surface area contributed by atoms with Crippen LogP contribution in [0.2, 0.25) is 0 Å². The van der Waals surface area contributed by atoms with Crippen LogP contribution in [-0.2, 0) is 9.53 Å². The van der Waals surface area contributed by atoms with Crippen molar-refractivity contribution in [2.45, 2.75) is 26.8 Å². The molecule has 1 atom stereocenters. The molecule has 1 aromatic carbocycles. The SMILES string of the molecule is CCNC(=O)NC(=O)C(C)Nc1ccc(NC(=O)OCC)cc1. The highest BCUT2D eigenvalue weighted by Gasteiger charge is 2.15. The lowest BCUT2D eigenvalue weighted by Crippen LogP contribution is -2.45. The standard InChI is InChI=1S/C15H22N4O4/c1-4-16-14(21)19-13(20)10(3)17-11-6-8-12(9-7-11)18-15(22)23-5-2/h6-10,17H,4-5H2,1-3H3,(H,18,22)(H2,16,19,20,21). The second-order valence-corrected chi connectivity index (χ2v) is 4.64. The summed E-state index contributed by atoms with van der Waals surface area (Å²) in [4.78, 5) is 34.4. The van der Waals surface area contributed by atoms with Crippen LogP contribution in [0.4, 0.5) is 21.0 Å². The molecule has 0 spiro atoms. The van der Waals surface area contributed by atoms with E-state index in [4.69, 9.17) is 4.74 Å². The Balaban J connectivity index is 2.52. The van der Waals surface area contributed by atoms with Gasteiger partial charge in [-0.25, -0.2) is 9.59 Å². The minimum Gasteiger partial charge on any atom is -0.450 e. The quantitative estimate of drug-likeness (QED) is 0.639. The van der Waals surface area contributed by atoms with Crippen molar-refractivity contribution in [3.05, 3.63) is 24.3 Å². The molecule has 4 amide bonds. The number of hydrogen-bond donors (Lipinski definition) is 4. The summed E-state index contributed by atoms with van der Waals surface area (Å²) >= 11 is 0. The number of imide groups is 1. The van der Waals surface area contributed by atoms with Crippen LogP contribution in [0.25, 0.3) is 0 Å². The minimum atomic E-state index is -0.596. The third-order valence-electron chi connectivity index (χ3n) is 2.76. The first-order valence-electron chi connectivity index (χ1n) is 7.35. The molecule has 8 nitrogen and oxygen atoms in total. The van der Waals surface area contributed by atoms with Crippen molar-refractivity contribution < 1.29 is 19.1 Å². The first kappa shape index (κ1) is 18.3. The summed E-state index contributed by atoms with van der Waals surface area (Å²) in [6, 6.07) is 5.64. The number of carbonyl (C=O) groups excluding carboxylic acids is 3. The molecule has 4 N–H and O–H groups in total. The Morgan fingerprint density at radius 2 is 1.70 bits per heavy atom. The Kier molecular flexibility index (Phi) is 7.38. The van der Waals surface area contributed by atoms with E-state index in [0.717, 1.165) is 0 Å². The van der Waals surface area contributed by atoms with Gasteiger partial charge in [-0.1, -0.05) is 0 Å². The van der Waals surface area contributed by atoms with Crippen LogP contribution in [0.15, 0.2) is 24.3 Å². The van der Waals surface area contributed by atoms with Crippen molar-refractivity contribution in [1.29, 1.82) is 0 Å². The third-order valence-corrected chi connectivity index (χ3v) is 2.76. The van der Waals surface area contributed by atoms with E-state index >= 15 is 0 Å². The maximum absolute atomic E-state index is 11.8. The van der Waals surface area contributed by atoms with Crippen molar-refractivity contribution in [1.82, 2.24) is 10.6 Å². The Morgan fingerprint density at radius 1 is 1.09 bits per heavy atom. The van der Waals surface area contributed by atoms with Gasteiger partial charge >= 0.3 is 12.1 Å². The van der Waals surface area contributed by atoms with Crippen LogP contribution in [0.5, 0.6) is 0 Å². The van der Waals surface area contributed by atoms with Gasteiger partial charge in [0.15, 0.2) is 0 Å². The molecule has 0 aliphatic rings. The van der Waals surface area contributed by atoms with Crippen molar-refractivity contribution >= 4 is 29.4 Å². The Bertz CT molecular complexity index is 545. The second kappa shape index (κ2) is 9.29. The van der Waals surface area contributed by atoms with Crippen LogP contribution < -0.4 is 21.3 Å². The average Bonchev–Trinajstić information content (AvgIpc) is 2.49. The molecular weight excluding hydrogens is 300 g/mol. The van der Waals surface area contributed by atoms with E-state index in [9.17, 15) is 14.4 Å². The maximum atomic E-state index is 11.8. The van der Waals surface area contributed by atoms with Crippen LogP contribution in [-0.4, -0.2) is 37.2 Å². The van der Waals surface area contributed by atoms with Gasteiger partial charge in [0.1, 0.15) is 6.04 Å². The molecule has 0 aliphatic heterocycles. The van der Waals surface area contributed by atoms with Gasteiger partial charge in [0.05, 0.1) is 6.61 Å². The predicted octanol–water partition coefficient (Wildman–Crippen LogP) is 1.90. The lowest BCUT2D eigenvalue weighted by Gasteiger charge is -2.15. The van der Waals surface area contributed by atoms with Gasteiger partial charge in [0, 0.05) is 17.9 Å². The van der Waals surface area contributed by atoms with E-state index in [1.165, 1.54) is 0 Å². The van der Waals surface area contributed by atoms with E-state index in [2.05, 4.69) is 21.3 Å². The zero-order chi connectivity index (χ0) is 17.2. The largest absolute Gasteiger partial charge is 0.450 e. The minimum absolute atomic E-state index is 0.295. The fourth-order valence-corrected chi connectivity index (χ4v) is 1.68. The van der Waals surface area contributed by atoms with Crippen LogP contribution in [0.3, 0.4) is 0 Å². The van der Waals surface area contributed by atoms with Crippen molar-refractivity contribution in [2.75, 3.05) is 23.8 Å². The zero-order valence-electron chi connectivity index (χ0n) is 13.4. The molecule has 0 aromatic heterocycles. The smallest absolute Gasteiger partial charge is 0.411 e. The molecule has 0 heterocycles. The normalized spacial score (nSPS) is 11.1. The molecule has 126 valence electrons. The fourth-order valence-electron chi connectivity index (χ4n) is 1.68. The van der Waals surface area contributed by atoms with Crippen molar-refractivity contribution in [3.63, 3.8) is 0 Å². The van der Waals surface area contributed by atoms with E-state index in [1.807, 2.05) is 0 Å². The monoisotopic (exact) mass is 322 g/mol. The molecule has 8 heteroatoms. The van der Waals surface area contributed by atoms with E-state index in [-0.39, 0.29) is 0 Å². The number of carbonyl (C=O) groups is 3. The molecule has 0 radical (unpaired) electrons. The Morgan fingerprint density at radius 3 is 2.26 bits per heavy atom. The van der Waals surface area contributed by atoms with Crippen molar-refractivity contribution in [2.24, 2.45) is 0 Å². The lowest BCUT2D eigenvalue weighted by molar-refractivity contribution is -0.120. The van der Waals surface area contributed by atoms with Gasteiger partial charge < -0.3 is 15.4 Å². The number of hydrogen-bond acceptors (Lipinski definition) is 5. The number of rotatable bonds is 6. The topological polar surface area (TPSA) is 109 Å². The lowest BCUT2D eigenvalue weighted by atomic mass is 10.2. The summed E-state index contributed by atoms with van der Waals surface area (Å²) in [5.74, 6) is -0.440. The number of amides is 4. The van der Waals surface area contributed by atoms with Gasteiger partial charge in [-0.2, -0.15) is 0 Å². The summed E-state index contributed by atoms with van der Waals surface area (Å²) in [5, 5.41) is 10.2. The number of nitrogens with one attached hydrogen (secondary N) is 4. The Hall–Kier alpha value is -2.77. The highest BCUT2D eigenvalue weighted by molar-refractivity contribution is 5.98. The predicted molar refractivity (Wildman–Crippen MR) is 87.4 cm³/mol. The molecule has 1 rings (SSSR count). The Labute approximate surface area is 135 Å². The van der Waals surface area contributed by atoms with E-state index < -0.39 is 24.1 Å². The molecular formula is C15H22N4O4. The molecule has 1 aromatic rings. The van der Waals surface area contributed by atoms with Gasteiger partial charge in [-0.3, -0.25) is 15.4 Å². The third kappa shape index (κ3) is 6.68. The molecule has 0 bridgehead atoms. The molecule has 23 heavy (non-hydrogen) atoms. The average molecular weight is 322 g/mol. The molecule has 0 aliphatic carbocycles. The summed E-state index contributed by atoms with van der Waals surface area (Å²) < 4.78 is 4.77. The molecule has 1 unspecified atom stereocenters. The number of anilines is 2. The first-order valence-corrected chi connectivity index (χ1v) is 7.35. The maximum Gasteiger partial charge on any atom is 0.411 e. The van der Waals surface area contributed by atoms with Gasteiger partial charge in [0.25, 0.3) is 0 Å². The number of urea groups is 1. The zero-order valence-corrected chi connectivity index (χ0v) is 13.4. The highest BCUT2D eigenvalue weighted by Crippen LogP contribution is 2.14. The van der Waals surface area contributed by atoms with Crippen molar-refractivity contribution in [3.8, 4) is 0 Å². The number of ether oxygens (including phenoxy) is 1. The number of benzene rings is 1. The van der Waals surface area contributed by atoms with Crippen LogP contribution >= 0.6 is 0 Å². The summed E-state index contributed by atoms with van der Waals surface area (Å²) in [7, 11) is 0. The molecule has 0 fully saturated rings. The van der Waals surface area contributed by atoms with Crippen LogP contribution in [0, 0.1) is 0 Å². The summed E-state index contributed by atoms with van der Waals surface area (Å²) in [5.41, 5.74) is 1.26. The van der Waals surface area contributed by atoms with Gasteiger partial charge in [0.2, 0.25) is 5.91 Å². The second-order valence-electron chi connectivity index (χ2n) is 4.64. The van der Waals surface area contributed by atoms with Gasteiger partial charge in [-0.05, 0) is 45.0 Å². The highest BCUT2D eigenvalue weighted by atomic mass is 16.5. The molecule has 0 saturated heterocycles. The summed E-state index contributed by atoms with van der Waals surface area (Å²) in [6.07, 6.45) is -0.525. The van der Waals surface area contributed by atoms with E-state index in [1.54, 1.807) is 45.0 Å².